The van der Waals surface area contributed by atoms with Gasteiger partial charge >= 0.3 is 5.97 Å². The van der Waals surface area contributed by atoms with Gasteiger partial charge in [0.1, 0.15) is 28.6 Å². The molecular weight excluding hydrogens is 364 g/mol. The first-order valence-corrected chi connectivity index (χ1v) is 8.50. The number of aliphatic carboxylic acids is 1. The number of benzene rings is 1. The Morgan fingerprint density at radius 1 is 1.42 bits per heavy atom. The van der Waals surface area contributed by atoms with Gasteiger partial charge in [-0.15, -0.1) is 11.8 Å². The number of nitrogens with one attached hydrogen (secondary N) is 1. The highest BCUT2D eigenvalue weighted by molar-refractivity contribution is 8.00. The van der Waals surface area contributed by atoms with E-state index in [4.69, 9.17) is 14.6 Å². The molecule has 3 rings (SSSR count). The lowest BCUT2D eigenvalue weighted by Crippen LogP contribution is -2.70. The molecular formula is C16H14N2O7S. The lowest BCUT2D eigenvalue weighted by molar-refractivity contribution is -0.148. The van der Waals surface area contributed by atoms with Gasteiger partial charge in [0.15, 0.2) is 0 Å². The van der Waals surface area contributed by atoms with Crippen LogP contribution in [0.4, 0.5) is 0 Å². The minimum atomic E-state index is -1.18. The van der Waals surface area contributed by atoms with Crippen molar-refractivity contribution in [3.8, 4) is 11.5 Å². The van der Waals surface area contributed by atoms with Crippen molar-refractivity contribution < 1.29 is 33.8 Å². The van der Waals surface area contributed by atoms with E-state index in [-0.39, 0.29) is 29.2 Å². The Labute approximate surface area is 151 Å². The normalized spacial score (nSPS) is 21.0. The SMILES string of the molecule is COc1cc(OC=O)ccc1C(=O)NC1C(=O)N2C(C(=O)O)=CCS[C@H]12. The fourth-order valence-electron chi connectivity index (χ4n) is 2.75. The summed E-state index contributed by atoms with van der Waals surface area (Å²) in [7, 11) is 1.36. The van der Waals surface area contributed by atoms with Crippen LogP contribution in [0.15, 0.2) is 30.0 Å². The summed E-state index contributed by atoms with van der Waals surface area (Å²) in [6, 6.07) is 3.37. The summed E-state index contributed by atoms with van der Waals surface area (Å²) in [4.78, 5) is 47.6. The summed E-state index contributed by atoms with van der Waals surface area (Å²) in [5.74, 6) is -1.40. The van der Waals surface area contributed by atoms with E-state index in [0.717, 1.165) is 0 Å². The van der Waals surface area contributed by atoms with Crippen LogP contribution in [0.1, 0.15) is 10.4 Å². The Morgan fingerprint density at radius 3 is 2.85 bits per heavy atom. The molecule has 136 valence electrons. The molecule has 0 bridgehead atoms. The molecule has 0 radical (unpaired) electrons. The first-order chi connectivity index (χ1) is 12.5. The van der Waals surface area contributed by atoms with E-state index in [9.17, 15) is 19.2 Å². The number of ether oxygens (including phenoxy) is 2. The molecule has 10 heteroatoms. The van der Waals surface area contributed by atoms with E-state index < -0.39 is 29.2 Å². The maximum atomic E-state index is 12.5. The van der Waals surface area contributed by atoms with Crippen LogP contribution < -0.4 is 14.8 Å². The van der Waals surface area contributed by atoms with Crippen molar-refractivity contribution in [1.29, 1.82) is 0 Å². The van der Waals surface area contributed by atoms with Crippen LogP contribution in [0.25, 0.3) is 0 Å². The molecule has 9 nitrogen and oxygen atoms in total. The van der Waals surface area contributed by atoms with Crippen LogP contribution in [-0.2, 0) is 14.4 Å². The smallest absolute Gasteiger partial charge is 0.352 e. The maximum Gasteiger partial charge on any atom is 0.352 e. The van der Waals surface area contributed by atoms with E-state index >= 15 is 0 Å². The summed E-state index contributed by atoms with van der Waals surface area (Å²) in [6.07, 6.45) is 1.47. The molecule has 2 N–H and O–H groups in total. The van der Waals surface area contributed by atoms with Crippen LogP contribution in [0.5, 0.6) is 11.5 Å². The number of carbonyl (C=O) groups excluding carboxylic acids is 3. The first kappa shape index (κ1) is 17.8. The van der Waals surface area contributed by atoms with E-state index in [0.29, 0.717) is 5.75 Å². The number of fused-ring (bicyclic) bond motifs is 1. The zero-order valence-corrected chi connectivity index (χ0v) is 14.3. The molecule has 26 heavy (non-hydrogen) atoms. The van der Waals surface area contributed by atoms with Crippen LogP contribution in [0.3, 0.4) is 0 Å². The Balaban J connectivity index is 1.75. The van der Waals surface area contributed by atoms with Gasteiger partial charge in [0.2, 0.25) is 0 Å². The minimum absolute atomic E-state index is 0.0720. The van der Waals surface area contributed by atoms with Gasteiger partial charge in [0, 0.05) is 11.8 Å². The molecule has 1 aromatic rings. The average Bonchev–Trinajstić information content (AvgIpc) is 2.65. The third kappa shape index (κ3) is 2.99. The third-order valence-electron chi connectivity index (χ3n) is 3.95. The van der Waals surface area contributed by atoms with Crippen molar-refractivity contribution >= 4 is 36.0 Å². The van der Waals surface area contributed by atoms with Gasteiger partial charge in [-0.3, -0.25) is 19.3 Å². The molecule has 0 spiro atoms. The van der Waals surface area contributed by atoms with Crippen molar-refractivity contribution in [3.05, 3.63) is 35.5 Å². The number of nitrogens with zero attached hydrogens (tertiary/aromatic N) is 1. The van der Waals surface area contributed by atoms with Crippen molar-refractivity contribution in [2.24, 2.45) is 0 Å². The molecule has 0 aromatic heterocycles. The molecule has 2 heterocycles. The molecule has 2 atom stereocenters. The van der Waals surface area contributed by atoms with Gasteiger partial charge in [0.25, 0.3) is 18.3 Å². The molecule has 1 fully saturated rings. The molecule has 2 amide bonds. The number of carboxylic acid groups (broad SMARTS) is 1. The summed E-state index contributed by atoms with van der Waals surface area (Å²) in [5.41, 5.74) is 0.0870. The van der Waals surface area contributed by atoms with Crippen LogP contribution >= 0.6 is 11.8 Å². The van der Waals surface area contributed by atoms with Gasteiger partial charge in [-0.25, -0.2) is 4.79 Å². The molecule has 1 unspecified atom stereocenters. The summed E-state index contributed by atoms with van der Waals surface area (Å²) in [5, 5.41) is 11.3. The van der Waals surface area contributed by atoms with Gasteiger partial charge < -0.3 is 19.9 Å². The van der Waals surface area contributed by atoms with Crippen LogP contribution in [0.2, 0.25) is 0 Å². The largest absolute Gasteiger partial charge is 0.496 e. The predicted octanol–water partition coefficient (Wildman–Crippen LogP) is 0.212. The Hall–Kier alpha value is -3.01. The second-order valence-corrected chi connectivity index (χ2v) is 6.50. The van der Waals surface area contributed by atoms with Gasteiger partial charge in [0.05, 0.1) is 12.7 Å². The van der Waals surface area contributed by atoms with Crippen molar-refractivity contribution in [3.63, 3.8) is 0 Å². The summed E-state index contributed by atoms with van der Waals surface area (Å²) >= 11 is 1.36. The summed E-state index contributed by atoms with van der Waals surface area (Å²) < 4.78 is 9.82. The fraction of sp³-hybridized carbons (Fsp3) is 0.250. The Bertz CT molecular complexity index is 823. The quantitative estimate of drug-likeness (QED) is 0.532. The van der Waals surface area contributed by atoms with Crippen molar-refractivity contribution in [2.75, 3.05) is 12.9 Å². The van der Waals surface area contributed by atoms with E-state index in [2.05, 4.69) is 5.32 Å². The zero-order chi connectivity index (χ0) is 18.8. The number of carbonyl (C=O) groups is 4. The number of hydrogen-bond donors (Lipinski definition) is 2. The lowest BCUT2D eigenvalue weighted by atomic mass is 10.0. The predicted molar refractivity (Wildman–Crippen MR) is 89.8 cm³/mol. The topological polar surface area (TPSA) is 122 Å². The molecule has 1 aromatic carbocycles. The second-order valence-electron chi connectivity index (χ2n) is 5.35. The molecule has 2 aliphatic rings. The third-order valence-corrected chi connectivity index (χ3v) is 5.14. The number of amides is 2. The number of carboxylic acids is 1. The summed E-state index contributed by atoms with van der Waals surface area (Å²) in [6.45, 7) is 0.254. The molecule has 2 aliphatic heterocycles. The number of methoxy groups -OCH3 is 1. The highest BCUT2D eigenvalue weighted by Crippen LogP contribution is 2.37. The number of β-lactam (4-membered cyclic amide) rings is 1. The fourth-order valence-corrected chi connectivity index (χ4v) is 3.94. The van der Waals surface area contributed by atoms with Crippen molar-refractivity contribution in [2.45, 2.75) is 11.4 Å². The van der Waals surface area contributed by atoms with Gasteiger partial charge in [-0.2, -0.15) is 0 Å². The van der Waals surface area contributed by atoms with E-state index in [1.54, 1.807) is 0 Å². The monoisotopic (exact) mass is 378 g/mol. The van der Waals surface area contributed by atoms with Crippen molar-refractivity contribution in [1.82, 2.24) is 10.2 Å². The highest BCUT2D eigenvalue weighted by atomic mass is 32.2. The Morgan fingerprint density at radius 2 is 2.19 bits per heavy atom. The zero-order valence-electron chi connectivity index (χ0n) is 13.5. The van der Waals surface area contributed by atoms with E-state index in [1.165, 1.54) is 48.0 Å². The standard InChI is InChI=1S/C16H14N2O7S/c1-24-11-6-8(25-7-19)2-3-9(11)13(20)17-12-14(21)18-10(16(22)23)4-5-26-15(12)18/h2-4,6-7,12,15H,5H2,1H3,(H,17,20)(H,22,23)/t12?,15-/m1/s1. The molecule has 1 saturated heterocycles. The highest BCUT2D eigenvalue weighted by Gasteiger charge is 2.52. The number of rotatable bonds is 6. The van der Waals surface area contributed by atoms with E-state index in [1.807, 2.05) is 0 Å². The molecule has 0 saturated carbocycles. The minimum Gasteiger partial charge on any atom is -0.496 e. The number of hydrogen-bond acceptors (Lipinski definition) is 7. The second kappa shape index (κ2) is 7.08. The number of thioether (sulfide) groups is 1. The van der Waals surface area contributed by atoms with Crippen LogP contribution in [0, 0.1) is 0 Å². The maximum absolute atomic E-state index is 12.5. The Kier molecular flexibility index (Phi) is 4.85. The first-order valence-electron chi connectivity index (χ1n) is 7.45. The lowest BCUT2D eigenvalue weighted by Gasteiger charge is -2.48. The van der Waals surface area contributed by atoms with Gasteiger partial charge in [-0.05, 0) is 18.2 Å². The van der Waals surface area contributed by atoms with Crippen LogP contribution in [-0.4, -0.2) is 58.5 Å². The molecule has 0 aliphatic carbocycles. The average molecular weight is 378 g/mol. The van der Waals surface area contributed by atoms with Gasteiger partial charge in [-0.1, -0.05) is 0 Å².